The monoisotopic (exact) mass is 266 g/mol. The molecule has 0 amide bonds. The molecule has 1 saturated heterocycles. The van der Waals surface area contributed by atoms with Crippen LogP contribution >= 0.6 is 0 Å². The van der Waals surface area contributed by atoms with Gasteiger partial charge in [0.05, 0.1) is 0 Å². The third kappa shape index (κ3) is 4.46. The van der Waals surface area contributed by atoms with Crippen LogP contribution in [-0.2, 0) is 0 Å². The number of rotatable bonds is 3. The lowest BCUT2D eigenvalue weighted by Crippen LogP contribution is -2.41. The van der Waals surface area contributed by atoms with E-state index in [1.54, 1.807) is 0 Å². The maximum absolute atomic E-state index is 3.68. The summed E-state index contributed by atoms with van der Waals surface area (Å²) in [6.45, 7) is 15.5. The van der Waals surface area contributed by atoms with Crippen LogP contribution in [0.2, 0.25) is 0 Å². The number of nitrogens with one attached hydrogen (secondary N) is 1. The molecule has 0 aromatic rings. The summed E-state index contributed by atoms with van der Waals surface area (Å²) >= 11 is 0. The fourth-order valence-corrected chi connectivity index (χ4v) is 3.66. The van der Waals surface area contributed by atoms with Crippen molar-refractivity contribution in [2.24, 2.45) is 17.8 Å². The van der Waals surface area contributed by atoms with Gasteiger partial charge in [-0.25, -0.2) is 0 Å². The first-order chi connectivity index (χ1) is 8.85. The minimum absolute atomic E-state index is 0.266. The highest BCUT2D eigenvalue weighted by molar-refractivity contribution is 4.88. The SMILES string of the molecule is CC1CCC(N2CCC(CNC(C)(C)C)C2)CC1C. The molecule has 1 heterocycles. The highest BCUT2D eigenvalue weighted by Crippen LogP contribution is 2.34. The quantitative estimate of drug-likeness (QED) is 0.841. The van der Waals surface area contributed by atoms with Gasteiger partial charge in [-0.15, -0.1) is 0 Å². The summed E-state index contributed by atoms with van der Waals surface area (Å²) in [7, 11) is 0. The lowest BCUT2D eigenvalue weighted by Gasteiger charge is -2.37. The Bertz CT molecular complexity index is 281. The van der Waals surface area contributed by atoms with Crippen LogP contribution in [0.15, 0.2) is 0 Å². The van der Waals surface area contributed by atoms with Gasteiger partial charge in [-0.3, -0.25) is 0 Å². The van der Waals surface area contributed by atoms with E-state index >= 15 is 0 Å². The highest BCUT2D eigenvalue weighted by atomic mass is 15.2. The van der Waals surface area contributed by atoms with E-state index in [1.807, 2.05) is 0 Å². The molecule has 112 valence electrons. The van der Waals surface area contributed by atoms with Gasteiger partial charge >= 0.3 is 0 Å². The summed E-state index contributed by atoms with van der Waals surface area (Å²) in [5.41, 5.74) is 0.266. The van der Waals surface area contributed by atoms with Crippen LogP contribution in [0.3, 0.4) is 0 Å². The molecular weight excluding hydrogens is 232 g/mol. The fourth-order valence-electron chi connectivity index (χ4n) is 3.66. The van der Waals surface area contributed by atoms with Crippen LogP contribution in [0.25, 0.3) is 0 Å². The summed E-state index contributed by atoms with van der Waals surface area (Å²) in [4.78, 5) is 2.79. The number of hydrogen-bond donors (Lipinski definition) is 1. The molecule has 1 aliphatic carbocycles. The molecule has 0 aromatic carbocycles. The Hall–Kier alpha value is -0.0800. The zero-order valence-electron chi connectivity index (χ0n) is 13.7. The van der Waals surface area contributed by atoms with Gasteiger partial charge in [0.25, 0.3) is 0 Å². The summed E-state index contributed by atoms with van der Waals surface area (Å²) < 4.78 is 0. The van der Waals surface area contributed by atoms with Crippen molar-refractivity contribution in [3.63, 3.8) is 0 Å². The molecule has 4 atom stereocenters. The lowest BCUT2D eigenvalue weighted by molar-refractivity contribution is 0.127. The maximum atomic E-state index is 3.68. The Morgan fingerprint density at radius 2 is 1.79 bits per heavy atom. The van der Waals surface area contributed by atoms with E-state index in [1.165, 1.54) is 45.3 Å². The molecule has 0 spiro atoms. The Balaban J connectivity index is 1.76. The normalized spacial score (nSPS) is 37.7. The van der Waals surface area contributed by atoms with Gasteiger partial charge in [-0.1, -0.05) is 13.8 Å². The first-order valence-corrected chi connectivity index (χ1v) is 8.34. The molecule has 1 saturated carbocycles. The molecule has 4 unspecified atom stereocenters. The van der Waals surface area contributed by atoms with Crippen molar-refractivity contribution in [1.82, 2.24) is 10.2 Å². The molecule has 0 radical (unpaired) electrons. The van der Waals surface area contributed by atoms with Gasteiger partial charge in [0.1, 0.15) is 0 Å². The summed E-state index contributed by atoms with van der Waals surface area (Å²) in [6.07, 6.45) is 5.70. The van der Waals surface area contributed by atoms with Crippen LogP contribution in [0, 0.1) is 17.8 Å². The number of hydrogen-bond acceptors (Lipinski definition) is 2. The van der Waals surface area contributed by atoms with Crippen molar-refractivity contribution in [3.05, 3.63) is 0 Å². The molecule has 1 aliphatic heterocycles. The summed E-state index contributed by atoms with van der Waals surface area (Å²) in [5, 5.41) is 3.68. The van der Waals surface area contributed by atoms with E-state index in [2.05, 4.69) is 44.8 Å². The van der Waals surface area contributed by atoms with Crippen molar-refractivity contribution in [3.8, 4) is 0 Å². The largest absolute Gasteiger partial charge is 0.312 e. The predicted octanol–water partition coefficient (Wildman–Crippen LogP) is 3.52. The Morgan fingerprint density at radius 1 is 1.05 bits per heavy atom. The van der Waals surface area contributed by atoms with Crippen LogP contribution < -0.4 is 5.32 Å². The first kappa shape index (κ1) is 15.3. The smallest absolute Gasteiger partial charge is 0.00981 e. The molecule has 2 nitrogen and oxygen atoms in total. The van der Waals surface area contributed by atoms with E-state index in [4.69, 9.17) is 0 Å². The van der Waals surface area contributed by atoms with Crippen LogP contribution in [0.1, 0.15) is 60.3 Å². The van der Waals surface area contributed by atoms with Gasteiger partial charge in [-0.05, 0) is 77.3 Å². The van der Waals surface area contributed by atoms with Crippen LogP contribution in [0.4, 0.5) is 0 Å². The van der Waals surface area contributed by atoms with Gasteiger partial charge in [0.15, 0.2) is 0 Å². The zero-order valence-corrected chi connectivity index (χ0v) is 13.7. The van der Waals surface area contributed by atoms with Crippen molar-refractivity contribution in [2.45, 2.75) is 71.9 Å². The average Bonchev–Trinajstić information content (AvgIpc) is 2.78. The first-order valence-electron chi connectivity index (χ1n) is 8.34. The predicted molar refractivity (Wildman–Crippen MR) is 83.4 cm³/mol. The van der Waals surface area contributed by atoms with Gasteiger partial charge in [0.2, 0.25) is 0 Å². The van der Waals surface area contributed by atoms with Crippen molar-refractivity contribution < 1.29 is 0 Å². The molecule has 1 N–H and O–H groups in total. The summed E-state index contributed by atoms with van der Waals surface area (Å²) in [6, 6.07) is 0.880. The third-order valence-corrected chi connectivity index (χ3v) is 5.33. The molecule has 2 heteroatoms. The molecule has 2 rings (SSSR count). The molecule has 0 bridgehead atoms. The van der Waals surface area contributed by atoms with E-state index < -0.39 is 0 Å². The topological polar surface area (TPSA) is 15.3 Å². The molecule has 2 aliphatic rings. The van der Waals surface area contributed by atoms with E-state index in [0.29, 0.717) is 0 Å². The van der Waals surface area contributed by atoms with Gasteiger partial charge < -0.3 is 10.2 Å². The number of nitrogens with zero attached hydrogens (tertiary/aromatic N) is 1. The van der Waals surface area contributed by atoms with Crippen LogP contribution in [0.5, 0.6) is 0 Å². The van der Waals surface area contributed by atoms with Gasteiger partial charge in [0, 0.05) is 18.1 Å². The second kappa shape index (κ2) is 6.13. The molecular formula is C17H34N2. The van der Waals surface area contributed by atoms with Crippen molar-refractivity contribution in [1.29, 1.82) is 0 Å². The highest BCUT2D eigenvalue weighted by Gasteiger charge is 2.33. The molecule has 0 aromatic heterocycles. The van der Waals surface area contributed by atoms with Crippen molar-refractivity contribution in [2.75, 3.05) is 19.6 Å². The van der Waals surface area contributed by atoms with Gasteiger partial charge in [-0.2, -0.15) is 0 Å². The van der Waals surface area contributed by atoms with Crippen molar-refractivity contribution >= 4 is 0 Å². The third-order valence-electron chi connectivity index (χ3n) is 5.33. The zero-order chi connectivity index (χ0) is 14.0. The molecule has 2 fully saturated rings. The second-order valence-electron chi connectivity index (χ2n) is 8.20. The van der Waals surface area contributed by atoms with E-state index in [0.717, 1.165) is 23.8 Å². The Kier molecular flexibility index (Phi) is 4.94. The minimum Gasteiger partial charge on any atom is -0.312 e. The lowest BCUT2D eigenvalue weighted by atomic mass is 9.78. The maximum Gasteiger partial charge on any atom is 0.00981 e. The second-order valence-corrected chi connectivity index (χ2v) is 8.20. The summed E-state index contributed by atoms with van der Waals surface area (Å²) in [5.74, 6) is 2.73. The van der Waals surface area contributed by atoms with E-state index in [-0.39, 0.29) is 5.54 Å². The van der Waals surface area contributed by atoms with E-state index in [9.17, 15) is 0 Å². The number of likely N-dealkylation sites (tertiary alicyclic amines) is 1. The minimum atomic E-state index is 0.266. The average molecular weight is 266 g/mol. The Labute approximate surface area is 120 Å². The molecule has 19 heavy (non-hydrogen) atoms. The standard InChI is InChI=1S/C17H34N2/c1-13-6-7-16(10-14(13)2)19-9-8-15(12-19)11-18-17(3,4)5/h13-16,18H,6-12H2,1-5H3. The van der Waals surface area contributed by atoms with Crippen LogP contribution in [-0.4, -0.2) is 36.1 Å². The fraction of sp³-hybridized carbons (Fsp3) is 1.00. The Morgan fingerprint density at radius 3 is 2.42 bits per heavy atom.